The van der Waals surface area contributed by atoms with Crippen LogP contribution < -0.4 is 0 Å². The Labute approximate surface area is 206 Å². The smallest absolute Gasteiger partial charge is 0.152 e. The zero-order chi connectivity index (χ0) is 19.0. The number of rotatable bonds is 16. The Morgan fingerprint density at radius 1 is 0.704 bits per heavy atom. The third kappa shape index (κ3) is 17.2. The van der Waals surface area contributed by atoms with E-state index < -0.39 is 22.2 Å². The van der Waals surface area contributed by atoms with Crippen LogP contribution in [-0.2, 0) is 33.7 Å². The molecular weight excluding hydrogens is 472 g/mol. The molecule has 0 fully saturated rings. The molecule has 0 aliphatic heterocycles. The monoisotopic (exact) mass is 497 g/mol. The fraction of sp³-hybridized carbons (Fsp3) is 0.625. The van der Waals surface area contributed by atoms with Gasteiger partial charge < -0.3 is 9.11 Å². The Balaban J connectivity index is 0.00000676. The fourth-order valence-electron chi connectivity index (χ4n) is 1.94. The summed E-state index contributed by atoms with van der Waals surface area (Å²) in [5, 5.41) is 0. The number of benzene rings is 1. The summed E-state index contributed by atoms with van der Waals surface area (Å²) in [6.45, 7) is 0. The Hall–Kier alpha value is 1.84. The standard InChI is InChI=1S/C16H26O4S6.Na/c17-25(18)11-5-3-9-21-23-13-15-7-1-2-8-16(15)14-24-22-10-4-6-12-26(19)20;/h1-2,7-8H,3-6,9-14H2,(H,17,18)(H,19,20);. The average molecular weight is 498 g/mol. The Kier molecular flexibility index (Phi) is 21.1. The predicted molar refractivity (Wildman–Crippen MR) is 129 cm³/mol. The third-order valence-corrected chi connectivity index (χ3v) is 9.39. The summed E-state index contributed by atoms with van der Waals surface area (Å²) < 4.78 is 38.6. The summed E-state index contributed by atoms with van der Waals surface area (Å²) in [6, 6.07) is 8.51. The van der Waals surface area contributed by atoms with Gasteiger partial charge in [0, 0.05) is 64.1 Å². The van der Waals surface area contributed by atoms with E-state index in [-0.39, 0.29) is 29.6 Å². The molecule has 2 N–H and O–H groups in total. The Morgan fingerprint density at radius 2 is 1.11 bits per heavy atom. The molecule has 0 bridgehead atoms. The van der Waals surface area contributed by atoms with Gasteiger partial charge in [-0.15, -0.1) is 0 Å². The molecule has 0 spiro atoms. The zero-order valence-corrected chi connectivity index (χ0v) is 22.4. The van der Waals surface area contributed by atoms with Crippen LogP contribution in [0.2, 0.25) is 0 Å². The minimum Gasteiger partial charge on any atom is -0.306 e. The Morgan fingerprint density at radius 3 is 1.48 bits per heavy atom. The quantitative estimate of drug-likeness (QED) is 0.142. The molecule has 11 heteroatoms. The summed E-state index contributed by atoms with van der Waals surface area (Å²) in [6.07, 6.45) is 3.55. The van der Waals surface area contributed by atoms with E-state index in [4.69, 9.17) is 9.11 Å². The van der Waals surface area contributed by atoms with E-state index >= 15 is 0 Å². The second-order valence-electron chi connectivity index (χ2n) is 5.40. The third-order valence-electron chi connectivity index (χ3n) is 3.31. The van der Waals surface area contributed by atoms with Crippen LogP contribution >= 0.6 is 43.2 Å². The normalized spacial score (nSPS) is 13.1. The molecular formula is C16H26NaO4S6. The van der Waals surface area contributed by atoms with Gasteiger partial charge >= 0.3 is 0 Å². The first-order valence-corrected chi connectivity index (χ1v) is 15.8. The first-order chi connectivity index (χ1) is 12.6. The van der Waals surface area contributed by atoms with Crippen molar-refractivity contribution < 1.29 is 17.5 Å². The van der Waals surface area contributed by atoms with E-state index in [0.29, 0.717) is 11.5 Å². The Bertz CT molecular complexity index is 502. The van der Waals surface area contributed by atoms with Gasteiger partial charge in [-0.1, -0.05) is 67.4 Å². The zero-order valence-electron chi connectivity index (χ0n) is 15.5. The van der Waals surface area contributed by atoms with Crippen LogP contribution in [0.5, 0.6) is 0 Å². The van der Waals surface area contributed by atoms with Crippen LogP contribution in [-0.4, -0.2) is 70.1 Å². The van der Waals surface area contributed by atoms with Crippen LogP contribution in [0, 0.1) is 0 Å². The molecule has 1 aromatic rings. The maximum absolute atomic E-state index is 10.6. The van der Waals surface area contributed by atoms with Crippen LogP contribution in [0.15, 0.2) is 24.3 Å². The van der Waals surface area contributed by atoms with Crippen LogP contribution in [0.4, 0.5) is 0 Å². The molecule has 1 rings (SSSR count). The van der Waals surface area contributed by atoms with Crippen molar-refractivity contribution in [2.45, 2.75) is 37.2 Å². The van der Waals surface area contributed by atoms with Gasteiger partial charge in [0.1, 0.15) is 0 Å². The van der Waals surface area contributed by atoms with Crippen molar-refractivity contribution >= 4 is 94.9 Å². The van der Waals surface area contributed by atoms with E-state index in [9.17, 15) is 8.42 Å². The maximum Gasteiger partial charge on any atom is 0.152 e. The topological polar surface area (TPSA) is 74.6 Å². The van der Waals surface area contributed by atoms with Gasteiger partial charge in [-0.05, 0) is 36.8 Å². The molecule has 0 aliphatic carbocycles. The van der Waals surface area contributed by atoms with Gasteiger partial charge in [0.05, 0.1) is 0 Å². The predicted octanol–water partition coefficient (Wildman–Crippen LogP) is 5.07. The first-order valence-electron chi connectivity index (χ1n) is 8.30. The molecule has 0 amide bonds. The summed E-state index contributed by atoms with van der Waals surface area (Å²) >= 11 is -3.32. The molecule has 0 aliphatic rings. The summed E-state index contributed by atoms with van der Waals surface area (Å²) in [5.74, 6) is 4.71. The molecule has 2 unspecified atom stereocenters. The van der Waals surface area contributed by atoms with Crippen molar-refractivity contribution in [2.75, 3.05) is 23.0 Å². The average Bonchev–Trinajstić information content (AvgIpc) is 2.60. The van der Waals surface area contributed by atoms with Crippen molar-refractivity contribution in [3.8, 4) is 0 Å². The SMILES string of the molecule is O=S(O)CCCCSSCc1ccccc1CSSCCCCS(=O)O.[Na]. The van der Waals surface area contributed by atoms with Gasteiger partial charge in [0.15, 0.2) is 22.2 Å². The maximum atomic E-state index is 10.6. The van der Waals surface area contributed by atoms with Crippen molar-refractivity contribution in [1.82, 2.24) is 0 Å². The van der Waals surface area contributed by atoms with Gasteiger partial charge in [-0.25, -0.2) is 8.42 Å². The minimum absolute atomic E-state index is 0. The second kappa shape index (κ2) is 19.8. The molecule has 0 saturated heterocycles. The van der Waals surface area contributed by atoms with E-state index in [0.717, 1.165) is 48.7 Å². The number of unbranched alkanes of at least 4 members (excludes halogenated alkanes) is 2. The summed E-state index contributed by atoms with van der Waals surface area (Å²) in [7, 11) is 7.34. The van der Waals surface area contributed by atoms with E-state index in [1.807, 2.05) is 43.2 Å². The fourth-order valence-corrected chi connectivity index (χ4v) is 7.38. The van der Waals surface area contributed by atoms with Gasteiger partial charge in [0.25, 0.3) is 0 Å². The van der Waals surface area contributed by atoms with E-state index in [2.05, 4.69) is 24.3 Å². The molecule has 27 heavy (non-hydrogen) atoms. The molecule has 1 radical (unpaired) electrons. The van der Waals surface area contributed by atoms with Gasteiger partial charge in [0.2, 0.25) is 0 Å². The molecule has 2 atom stereocenters. The molecule has 0 heterocycles. The van der Waals surface area contributed by atoms with E-state index in [1.165, 1.54) is 11.1 Å². The van der Waals surface area contributed by atoms with Gasteiger partial charge in [-0.3, -0.25) is 0 Å². The molecule has 1 aromatic carbocycles. The minimum atomic E-state index is -1.66. The molecule has 4 nitrogen and oxygen atoms in total. The second-order valence-corrected chi connectivity index (χ2v) is 12.7. The first kappa shape index (κ1) is 28.8. The van der Waals surface area contributed by atoms with E-state index in [1.54, 1.807) is 0 Å². The largest absolute Gasteiger partial charge is 0.306 e. The van der Waals surface area contributed by atoms with Crippen LogP contribution in [0.3, 0.4) is 0 Å². The number of hydrogen-bond donors (Lipinski definition) is 2. The molecule has 0 saturated carbocycles. The summed E-state index contributed by atoms with van der Waals surface area (Å²) in [5.41, 5.74) is 2.73. The van der Waals surface area contributed by atoms with Crippen molar-refractivity contribution in [1.29, 1.82) is 0 Å². The molecule has 151 valence electrons. The van der Waals surface area contributed by atoms with Crippen molar-refractivity contribution in [2.24, 2.45) is 0 Å². The molecule has 0 aromatic heterocycles. The van der Waals surface area contributed by atoms with Crippen LogP contribution in [0.1, 0.15) is 36.8 Å². The van der Waals surface area contributed by atoms with Crippen molar-refractivity contribution in [3.05, 3.63) is 35.4 Å². The summed E-state index contributed by atoms with van der Waals surface area (Å²) in [4.78, 5) is 0. The van der Waals surface area contributed by atoms with Crippen LogP contribution in [0.25, 0.3) is 0 Å². The van der Waals surface area contributed by atoms with Crippen molar-refractivity contribution in [3.63, 3.8) is 0 Å². The number of hydrogen-bond acceptors (Lipinski definition) is 6. The van der Waals surface area contributed by atoms with Gasteiger partial charge in [-0.2, -0.15) is 0 Å².